The SMILES string of the molecule is COn1c2cc(C(C)(C)C)c([N+](=O)[O-])cc2c2cc([N+](=O)[O-])c(C(C)(C)C)cc21. The Morgan fingerprint density at radius 1 is 0.759 bits per heavy atom. The lowest BCUT2D eigenvalue weighted by Crippen LogP contribution is -2.15. The molecule has 0 saturated heterocycles. The lowest BCUT2D eigenvalue weighted by atomic mass is 9.84. The third-order valence-electron chi connectivity index (χ3n) is 5.15. The average molecular weight is 399 g/mol. The minimum absolute atomic E-state index is 0.0114. The van der Waals surface area contributed by atoms with Crippen LogP contribution in [0.25, 0.3) is 21.8 Å². The van der Waals surface area contributed by atoms with Crippen LogP contribution < -0.4 is 4.84 Å². The third-order valence-corrected chi connectivity index (χ3v) is 5.15. The second-order valence-electron chi connectivity index (χ2n) is 9.26. The summed E-state index contributed by atoms with van der Waals surface area (Å²) in [6.45, 7) is 11.4. The second kappa shape index (κ2) is 6.43. The van der Waals surface area contributed by atoms with Crippen LogP contribution in [0.3, 0.4) is 0 Å². The highest BCUT2D eigenvalue weighted by Gasteiger charge is 2.31. The van der Waals surface area contributed by atoms with Crippen molar-refractivity contribution >= 4 is 33.2 Å². The Morgan fingerprint density at radius 3 is 1.34 bits per heavy atom. The van der Waals surface area contributed by atoms with Crippen molar-refractivity contribution in [3.8, 4) is 0 Å². The van der Waals surface area contributed by atoms with E-state index < -0.39 is 20.7 Å². The smallest absolute Gasteiger partial charge is 0.273 e. The molecule has 29 heavy (non-hydrogen) atoms. The first kappa shape index (κ1) is 20.6. The summed E-state index contributed by atoms with van der Waals surface area (Å²) in [6, 6.07) is 6.49. The molecule has 0 saturated carbocycles. The molecule has 0 bridgehead atoms. The zero-order valence-corrected chi connectivity index (χ0v) is 17.7. The van der Waals surface area contributed by atoms with Crippen molar-refractivity contribution in [2.45, 2.75) is 52.4 Å². The summed E-state index contributed by atoms with van der Waals surface area (Å²) in [5.74, 6) is 0. The van der Waals surface area contributed by atoms with E-state index in [0.717, 1.165) is 0 Å². The van der Waals surface area contributed by atoms with Crippen LogP contribution in [0.15, 0.2) is 24.3 Å². The van der Waals surface area contributed by atoms with Gasteiger partial charge in [0.2, 0.25) is 0 Å². The molecule has 1 heterocycles. The van der Waals surface area contributed by atoms with E-state index in [2.05, 4.69) is 0 Å². The molecule has 1 aromatic heterocycles. The molecule has 3 rings (SSSR count). The highest BCUT2D eigenvalue weighted by atomic mass is 16.6. The van der Waals surface area contributed by atoms with Gasteiger partial charge in [0, 0.05) is 34.0 Å². The van der Waals surface area contributed by atoms with Crippen LogP contribution in [-0.4, -0.2) is 21.7 Å². The molecule has 0 unspecified atom stereocenters. The maximum absolute atomic E-state index is 11.7. The number of hydrogen-bond acceptors (Lipinski definition) is 5. The quantitative estimate of drug-likeness (QED) is 0.441. The van der Waals surface area contributed by atoms with Gasteiger partial charge in [-0.25, -0.2) is 0 Å². The van der Waals surface area contributed by atoms with Gasteiger partial charge in [0.15, 0.2) is 0 Å². The summed E-state index contributed by atoms with van der Waals surface area (Å²) in [5.41, 5.74) is 1.47. The lowest BCUT2D eigenvalue weighted by Gasteiger charge is -2.19. The van der Waals surface area contributed by atoms with Crippen molar-refractivity contribution in [3.63, 3.8) is 0 Å². The van der Waals surface area contributed by atoms with Gasteiger partial charge in [0.1, 0.15) is 7.11 Å². The molecule has 0 aliphatic rings. The fourth-order valence-electron chi connectivity index (χ4n) is 3.75. The summed E-state index contributed by atoms with van der Waals surface area (Å²) in [4.78, 5) is 28.3. The van der Waals surface area contributed by atoms with Crippen LogP contribution >= 0.6 is 0 Å². The Kier molecular flexibility index (Phi) is 4.56. The van der Waals surface area contributed by atoms with Crippen molar-refractivity contribution in [3.05, 3.63) is 55.6 Å². The molecule has 0 N–H and O–H groups in total. The van der Waals surface area contributed by atoms with E-state index in [1.165, 1.54) is 19.2 Å². The minimum atomic E-state index is -0.464. The van der Waals surface area contributed by atoms with Gasteiger partial charge in [-0.3, -0.25) is 20.2 Å². The van der Waals surface area contributed by atoms with Crippen LogP contribution in [0, 0.1) is 20.2 Å². The van der Waals surface area contributed by atoms with Gasteiger partial charge in [-0.2, -0.15) is 4.73 Å². The van der Waals surface area contributed by atoms with Crippen molar-refractivity contribution in [1.82, 2.24) is 4.73 Å². The van der Waals surface area contributed by atoms with Gasteiger partial charge in [-0.15, -0.1) is 0 Å². The second-order valence-corrected chi connectivity index (χ2v) is 9.26. The van der Waals surface area contributed by atoms with E-state index in [1.807, 2.05) is 41.5 Å². The average Bonchev–Trinajstić information content (AvgIpc) is 2.90. The molecule has 2 aromatic carbocycles. The van der Waals surface area contributed by atoms with E-state index in [0.29, 0.717) is 32.9 Å². The van der Waals surface area contributed by atoms with Gasteiger partial charge >= 0.3 is 0 Å². The Bertz CT molecular complexity index is 1070. The summed E-state index contributed by atoms with van der Waals surface area (Å²) < 4.78 is 1.59. The summed E-state index contributed by atoms with van der Waals surface area (Å²) in [5, 5.41) is 24.6. The van der Waals surface area contributed by atoms with Crippen molar-refractivity contribution in [1.29, 1.82) is 0 Å². The third kappa shape index (κ3) is 3.28. The van der Waals surface area contributed by atoms with E-state index in [9.17, 15) is 20.2 Å². The monoisotopic (exact) mass is 399 g/mol. The number of nitro groups is 2. The number of nitrogens with zero attached hydrogens (tertiary/aromatic N) is 3. The first-order valence-electron chi connectivity index (χ1n) is 9.27. The zero-order valence-electron chi connectivity index (χ0n) is 17.7. The van der Waals surface area contributed by atoms with Gasteiger partial charge in [-0.1, -0.05) is 41.5 Å². The Labute approximate surface area is 168 Å². The maximum atomic E-state index is 11.7. The fourth-order valence-corrected chi connectivity index (χ4v) is 3.75. The van der Waals surface area contributed by atoms with Gasteiger partial charge in [0.25, 0.3) is 11.4 Å². The van der Waals surface area contributed by atoms with E-state index in [4.69, 9.17) is 4.84 Å². The summed E-state index contributed by atoms with van der Waals surface area (Å²) in [7, 11) is 1.51. The molecule has 0 amide bonds. The topological polar surface area (TPSA) is 100 Å². The molecule has 0 atom stereocenters. The fraction of sp³-hybridized carbons (Fsp3) is 0.429. The van der Waals surface area contributed by atoms with E-state index >= 15 is 0 Å². The first-order valence-corrected chi connectivity index (χ1v) is 9.27. The van der Waals surface area contributed by atoms with Crippen LogP contribution in [0.4, 0.5) is 11.4 Å². The first-order chi connectivity index (χ1) is 13.3. The molecule has 0 aliphatic carbocycles. The maximum Gasteiger partial charge on any atom is 0.273 e. The largest absolute Gasteiger partial charge is 0.416 e. The number of aromatic nitrogens is 1. The highest BCUT2D eigenvalue weighted by Crippen LogP contribution is 2.42. The van der Waals surface area contributed by atoms with Crippen molar-refractivity contribution < 1.29 is 14.7 Å². The standard InChI is InChI=1S/C21H25N3O5/c1-20(2,3)14-10-16-12(8-18(14)23(25)26)13-9-19(24(27)28)15(21(4,5)6)11-17(13)22(16)29-7/h8-11H,1-7H3. The molecule has 0 fully saturated rings. The van der Waals surface area contributed by atoms with Gasteiger partial charge < -0.3 is 4.84 Å². The molecule has 0 aliphatic heterocycles. The molecular weight excluding hydrogens is 374 g/mol. The normalized spacial score (nSPS) is 12.5. The molecule has 3 aromatic rings. The molecule has 8 nitrogen and oxygen atoms in total. The van der Waals surface area contributed by atoms with Crippen LogP contribution in [0.1, 0.15) is 52.7 Å². The van der Waals surface area contributed by atoms with Crippen LogP contribution in [0.5, 0.6) is 0 Å². The molecule has 8 heteroatoms. The number of benzene rings is 2. The van der Waals surface area contributed by atoms with E-state index in [1.54, 1.807) is 16.9 Å². The van der Waals surface area contributed by atoms with E-state index in [-0.39, 0.29) is 11.4 Å². The Morgan fingerprint density at radius 2 is 1.10 bits per heavy atom. The van der Waals surface area contributed by atoms with Gasteiger partial charge in [-0.05, 0) is 23.0 Å². The number of rotatable bonds is 3. The van der Waals surface area contributed by atoms with Crippen LogP contribution in [0.2, 0.25) is 0 Å². The molecule has 0 radical (unpaired) electrons. The highest BCUT2D eigenvalue weighted by molar-refractivity contribution is 6.10. The van der Waals surface area contributed by atoms with Crippen molar-refractivity contribution in [2.75, 3.05) is 7.11 Å². The number of fused-ring (bicyclic) bond motifs is 3. The summed E-state index contributed by atoms with van der Waals surface area (Å²) >= 11 is 0. The summed E-state index contributed by atoms with van der Waals surface area (Å²) in [6.07, 6.45) is 0. The number of hydrogen-bond donors (Lipinski definition) is 0. The molecular formula is C21H25N3O5. The molecule has 0 spiro atoms. The predicted molar refractivity (Wildman–Crippen MR) is 113 cm³/mol. The lowest BCUT2D eigenvalue weighted by molar-refractivity contribution is -0.386. The Hall–Kier alpha value is -3.16. The van der Waals surface area contributed by atoms with Crippen LogP contribution in [-0.2, 0) is 10.8 Å². The minimum Gasteiger partial charge on any atom is -0.416 e. The number of nitro benzene ring substituents is 2. The zero-order chi connectivity index (χ0) is 21.9. The predicted octanol–water partition coefficient (Wildman–Crippen LogP) is 5.26. The van der Waals surface area contributed by atoms with Gasteiger partial charge in [0.05, 0.1) is 20.9 Å². The van der Waals surface area contributed by atoms with Crippen molar-refractivity contribution in [2.24, 2.45) is 0 Å². The Balaban J connectivity index is 2.56. The molecule has 154 valence electrons.